The number of benzene rings is 2. The van der Waals surface area contributed by atoms with Crippen LogP contribution in [0.15, 0.2) is 53.1 Å². The van der Waals surface area contributed by atoms with Crippen LogP contribution in [-0.2, 0) is 11.3 Å². The molecule has 1 aromatic heterocycles. The van der Waals surface area contributed by atoms with E-state index in [2.05, 4.69) is 20.4 Å². The first kappa shape index (κ1) is 20.9. The van der Waals surface area contributed by atoms with Gasteiger partial charge in [-0.25, -0.2) is 0 Å². The highest BCUT2D eigenvalue weighted by Crippen LogP contribution is 2.23. The zero-order valence-corrected chi connectivity index (χ0v) is 17.8. The number of aryl methyl sites for hydroxylation is 1. The van der Waals surface area contributed by atoms with Gasteiger partial charge in [0.1, 0.15) is 0 Å². The largest absolute Gasteiger partial charge is 0.338 e. The number of likely N-dealkylation sites (tertiary alicyclic amines) is 1. The van der Waals surface area contributed by atoms with E-state index in [-0.39, 0.29) is 17.6 Å². The number of aromatic nitrogens is 2. The first-order valence-electron chi connectivity index (χ1n) is 10.5. The maximum atomic E-state index is 12.8. The summed E-state index contributed by atoms with van der Waals surface area (Å²) >= 11 is 0. The van der Waals surface area contributed by atoms with E-state index in [1.165, 1.54) is 6.92 Å². The molecule has 1 fully saturated rings. The maximum absolute atomic E-state index is 12.8. The smallest absolute Gasteiger partial charge is 0.241 e. The number of nitrogens with zero attached hydrogens (tertiary/aromatic N) is 3. The fourth-order valence-electron chi connectivity index (χ4n) is 3.92. The molecule has 7 nitrogen and oxygen atoms in total. The van der Waals surface area contributed by atoms with Crippen molar-refractivity contribution >= 4 is 17.4 Å². The molecule has 1 unspecified atom stereocenters. The van der Waals surface area contributed by atoms with Crippen molar-refractivity contribution in [3.8, 4) is 11.4 Å². The molecule has 3 aromatic rings. The van der Waals surface area contributed by atoms with Gasteiger partial charge >= 0.3 is 0 Å². The van der Waals surface area contributed by atoms with Gasteiger partial charge in [-0.1, -0.05) is 41.6 Å². The maximum Gasteiger partial charge on any atom is 0.241 e. The molecule has 1 amide bonds. The Kier molecular flexibility index (Phi) is 6.23. The minimum absolute atomic E-state index is 0.0236. The van der Waals surface area contributed by atoms with Crippen LogP contribution in [0, 0.1) is 12.8 Å². The van der Waals surface area contributed by atoms with Gasteiger partial charge in [0, 0.05) is 23.4 Å². The van der Waals surface area contributed by atoms with Crippen molar-refractivity contribution in [3.63, 3.8) is 0 Å². The topological polar surface area (TPSA) is 88.3 Å². The number of nitrogens with one attached hydrogen (secondary N) is 1. The average Bonchev–Trinajstić information content (AvgIpc) is 3.22. The number of amides is 1. The van der Waals surface area contributed by atoms with Crippen molar-refractivity contribution in [2.45, 2.75) is 33.2 Å². The molecule has 1 N–H and O–H groups in total. The fraction of sp³-hybridized carbons (Fsp3) is 0.333. The predicted octanol–water partition coefficient (Wildman–Crippen LogP) is 4.10. The van der Waals surface area contributed by atoms with Crippen LogP contribution in [0.4, 0.5) is 5.69 Å². The second kappa shape index (κ2) is 9.22. The van der Waals surface area contributed by atoms with Crippen LogP contribution in [0.1, 0.15) is 41.6 Å². The van der Waals surface area contributed by atoms with Crippen LogP contribution in [-0.4, -0.2) is 39.8 Å². The first-order valence-corrected chi connectivity index (χ1v) is 10.5. The highest BCUT2D eigenvalue weighted by Gasteiger charge is 2.27. The monoisotopic (exact) mass is 418 g/mol. The third-order valence-electron chi connectivity index (χ3n) is 5.63. The number of ketones is 1. The highest BCUT2D eigenvalue weighted by atomic mass is 16.5. The summed E-state index contributed by atoms with van der Waals surface area (Å²) in [4.78, 5) is 31.1. The number of carbonyl (C=O) groups is 2. The molecule has 4 rings (SSSR count). The molecule has 1 atom stereocenters. The summed E-state index contributed by atoms with van der Waals surface area (Å²) in [6.45, 7) is 5.56. The minimum atomic E-state index is -0.131. The van der Waals surface area contributed by atoms with Gasteiger partial charge in [-0.15, -0.1) is 0 Å². The lowest BCUT2D eigenvalue weighted by molar-refractivity contribution is -0.121. The first-order chi connectivity index (χ1) is 15.0. The number of hydrogen-bond acceptors (Lipinski definition) is 6. The quantitative estimate of drug-likeness (QED) is 0.607. The Morgan fingerprint density at radius 1 is 1.19 bits per heavy atom. The van der Waals surface area contributed by atoms with Gasteiger partial charge < -0.3 is 9.84 Å². The minimum Gasteiger partial charge on any atom is -0.338 e. The van der Waals surface area contributed by atoms with Crippen molar-refractivity contribution in [2.75, 3.05) is 18.4 Å². The van der Waals surface area contributed by atoms with E-state index in [1.54, 1.807) is 24.3 Å². The highest BCUT2D eigenvalue weighted by molar-refractivity contribution is 5.97. The number of Topliss-reactive ketones (excluding diaryl/α,β-unsaturated/α-hetero) is 1. The molecular formula is C24H26N4O3. The molecule has 0 bridgehead atoms. The SMILES string of the molecule is CC(=O)c1cccc(NC(=O)C2CCCN(Cc3nc(-c4ccccc4C)no3)C2)c1. The molecular weight excluding hydrogens is 392 g/mol. The van der Waals surface area contributed by atoms with Crippen LogP contribution >= 0.6 is 0 Å². The Labute approximate surface area is 181 Å². The van der Waals surface area contributed by atoms with Gasteiger partial charge in [0.05, 0.1) is 12.5 Å². The van der Waals surface area contributed by atoms with E-state index in [0.717, 1.165) is 30.5 Å². The zero-order chi connectivity index (χ0) is 21.8. The molecule has 31 heavy (non-hydrogen) atoms. The number of rotatable bonds is 6. The third kappa shape index (κ3) is 5.06. The predicted molar refractivity (Wildman–Crippen MR) is 118 cm³/mol. The molecule has 160 valence electrons. The molecule has 1 aliphatic heterocycles. The summed E-state index contributed by atoms with van der Waals surface area (Å²) in [6, 6.07) is 15.0. The summed E-state index contributed by atoms with van der Waals surface area (Å²) in [6.07, 6.45) is 1.75. The van der Waals surface area contributed by atoms with Crippen molar-refractivity contribution in [1.29, 1.82) is 0 Å². The van der Waals surface area contributed by atoms with Crippen molar-refractivity contribution in [1.82, 2.24) is 15.0 Å². The Morgan fingerprint density at radius 2 is 2.03 bits per heavy atom. The van der Waals surface area contributed by atoms with E-state index < -0.39 is 0 Å². The Morgan fingerprint density at radius 3 is 2.84 bits per heavy atom. The van der Waals surface area contributed by atoms with Gasteiger partial charge in [-0.3, -0.25) is 14.5 Å². The molecule has 0 aliphatic carbocycles. The van der Waals surface area contributed by atoms with Gasteiger partial charge in [-0.2, -0.15) is 4.98 Å². The number of carbonyl (C=O) groups excluding carboxylic acids is 2. The zero-order valence-electron chi connectivity index (χ0n) is 17.8. The number of hydrogen-bond donors (Lipinski definition) is 1. The average molecular weight is 418 g/mol. The van der Waals surface area contributed by atoms with Crippen molar-refractivity contribution < 1.29 is 14.1 Å². The standard InChI is InChI=1S/C24H26N4O3/c1-16-7-3-4-11-21(16)23-26-22(31-27-23)15-28-12-6-9-19(14-28)24(30)25-20-10-5-8-18(13-20)17(2)29/h3-5,7-8,10-11,13,19H,6,9,12,14-15H2,1-2H3,(H,25,30). The summed E-state index contributed by atoms with van der Waals surface area (Å²) < 4.78 is 5.47. The number of anilines is 1. The van der Waals surface area contributed by atoms with Gasteiger partial charge in [0.2, 0.25) is 17.6 Å². The second-order valence-corrected chi connectivity index (χ2v) is 8.03. The van der Waals surface area contributed by atoms with Crippen LogP contribution in [0.5, 0.6) is 0 Å². The van der Waals surface area contributed by atoms with Crippen LogP contribution < -0.4 is 5.32 Å². The van der Waals surface area contributed by atoms with Crippen LogP contribution in [0.25, 0.3) is 11.4 Å². The second-order valence-electron chi connectivity index (χ2n) is 8.03. The van der Waals surface area contributed by atoms with Crippen molar-refractivity contribution in [3.05, 3.63) is 65.5 Å². The fourth-order valence-corrected chi connectivity index (χ4v) is 3.92. The summed E-state index contributed by atoms with van der Waals surface area (Å²) in [7, 11) is 0. The molecule has 1 aliphatic rings. The van der Waals surface area contributed by atoms with E-state index in [1.807, 2.05) is 31.2 Å². The summed E-state index contributed by atoms with van der Waals surface area (Å²) in [5.74, 6) is 0.952. The summed E-state index contributed by atoms with van der Waals surface area (Å²) in [5.41, 5.74) is 3.29. The Hall–Kier alpha value is -3.32. The normalized spacial score (nSPS) is 16.8. The van der Waals surface area contributed by atoms with E-state index in [0.29, 0.717) is 36.1 Å². The molecule has 7 heteroatoms. The lowest BCUT2D eigenvalue weighted by atomic mass is 9.97. The van der Waals surface area contributed by atoms with Crippen molar-refractivity contribution in [2.24, 2.45) is 5.92 Å². The molecule has 0 spiro atoms. The van der Waals surface area contributed by atoms with E-state index in [4.69, 9.17) is 4.52 Å². The van der Waals surface area contributed by atoms with Crippen LogP contribution in [0.2, 0.25) is 0 Å². The number of piperidine rings is 1. The van der Waals surface area contributed by atoms with E-state index in [9.17, 15) is 9.59 Å². The summed E-state index contributed by atoms with van der Waals surface area (Å²) in [5, 5.41) is 7.08. The lowest BCUT2D eigenvalue weighted by Crippen LogP contribution is -2.40. The Balaban J connectivity index is 1.38. The van der Waals surface area contributed by atoms with Gasteiger partial charge in [0.25, 0.3) is 0 Å². The molecule has 2 aromatic carbocycles. The third-order valence-corrected chi connectivity index (χ3v) is 5.63. The molecule has 2 heterocycles. The molecule has 0 saturated carbocycles. The van der Waals surface area contributed by atoms with Gasteiger partial charge in [-0.05, 0) is 50.9 Å². The van der Waals surface area contributed by atoms with Crippen LogP contribution in [0.3, 0.4) is 0 Å². The lowest BCUT2D eigenvalue weighted by Gasteiger charge is -2.30. The molecule has 0 radical (unpaired) electrons. The molecule has 1 saturated heterocycles. The van der Waals surface area contributed by atoms with E-state index >= 15 is 0 Å². The Bertz CT molecular complexity index is 1090. The van der Waals surface area contributed by atoms with Gasteiger partial charge in [0.15, 0.2) is 5.78 Å².